The van der Waals surface area contributed by atoms with Crippen molar-refractivity contribution in [3.63, 3.8) is 0 Å². The Bertz CT molecular complexity index is 825. The molecular formula is C17H13N3O2. The average molecular weight is 291 g/mol. The molecule has 0 atom stereocenters. The summed E-state index contributed by atoms with van der Waals surface area (Å²) in [7, 11) is 1.23. The molecule has 0 heterocycles. The molecule has 22 heavy (non-hydrogen) atoms. The Labute approximate surface area is 128 Å². The van der Waals surface area contributed by atoms with Gasteiger partial charge in [-0.25, -0.2) is 4.79 Å². The maximum atomic E-state index is 11.9. The normalized spacial score (nSPS) is 9.64. The fourth-order valence-corrected chi connectivity index (χ4v) is 2.18. The Kier molecular flexibility index (Phi) is 4.11. The maximum Gasteiger partial charge on any atom is 0.339 e. The van der Waals surface area contributed by atoms with Gasteiger partial charge in [0.1, 0.15) is 12.1 Å². The van der Waals surface area contributed by atoms with E-state index in [4.69, 9.17) is 5.73 Å². The van der Waals surface area contributed by atoms with E-state index < -0.39 is 5.97 Å². The number of anilines is 1. The Balaban J connectivity index is 2.82. The van der Waals surface area contributed by atoms with E-state index in [0.717, 1.165) is 11.1 Å². The van der Waals surface area contributed by atoms with Gasteiger partial charge >= 0.3 is 5.97 Å². The van der Waals surface area contributed by atoms with Crippen LogP contribution >= 0.6 is 0 Å². The van der Waals surface area contributed by atoms with Crippen LogP contribution in [0.2, 0.25) is 0 Å². The van der Waals surface area contributed by atoms with Gasteiger partial charge in [0.2, 0.25) is 0 Å². The van der Waals surface area contributed by atoms with Crippen LogP contribution in [0.1, 0.15) is 27.0 Å². The third kappa shape index (κ3) is 2.48. The molecule has 0 aliphatic rings. The van der Waals surface area contributed by atoms with Gasteiger partial charge < -0.3 is 10.5 Å². The number of nitriles is 2. The number of hydrogen-bond acceptors (Lipinski definition) is 5. The number of nitrogen functional groups attached to an aromatic ring is 1. The zero-order valence-corrected chi connectivity index (χ0v) is 12.2. The molecule has 0 radical (unpaired) electrons. The highest BCUT2D eigenvalue weighted by molar-refractivity contribution is 5.98. The van der Waals surface area contributed by atoms with Gasteiger partial charge in [0.05, 0.1) is 29.5 Å². The highest BCUT2D eigenvalue weighted by Gasteiger charge is 2.21. The van der Waals surface area contributed by atoms with Gasteiger partial charge in [-0.2, -0.15) is 10.5 Å². The number of esters is 1. The molecule has 0 fully saturated rings. The third-order valence-corrected chi connectivity index (χ3v) is 3.36. The van der Waals surface area contributed by atoms with Crippen molar-refractivity contribution in [3.05, 3.63) is 52.6 Å². The fourth-order valence-electron chi connectivity index (χ4n) is 2.18. The zero-order chi connectivity index (χ0) is 16.3. The van der Waals surface area contributed by atoms with E-state index in [9.17, 15) is 15.3 Å². The molecule has 2 aromatic rings. The average Bonchev–Trinajstić information content (AvgIpc) is 2.54. The second-order valence-electron chi connectivity index (χ2n) is 4.72. The Morgan fingerprint density at radius 2 is 1.73 bits per heavy atom. The van der Waals surface area contributed by atoms with Gasteiger partial charge in [-0.05, 0) is 18.6 Å². The summed E-state index contributed by atoms with van der Waals surface area (Å²) < 4.78 is 4.69. The van der Waals surface area contributed by atoms with Crippen molar-refractivity contribution in [1.82, 2.24) is 0 Å². The molecule has 0 saturated carbocycles. The molecule has 0 aliphatic carbocycles. The molecule has 0 saturated heterocycles. The van der Waals surface area contributed by atoms with E-state index in [2.05, 4.69) is 4.74 Å². The van der Waals surface area contributed by atoms with Crippen LogP contribution in [0.3, 0.4) is 0 Å². The monoisotopic (exact) mass is 291 g/mol. The maximum absolute atomic E-state index is 11.9. The molecule has 0 aromatic heterocycles. The Morgan fingerprint density at radius 1 is 1.14 bits per heavy atom. The van der Waals surface area contributed by atoms with E-state index in [0.29, 0.717) is 5.56 Å². The number of ether oxygens (including phenoxy) is 1. The van der Waals surface area contributed by atoms with Crippen LogP contribution in [0.5, 0.6) is 0 Å². The van der Waals surface area contributed by atoms with Crippen molar-refractivity contribution >= 4 is 11.7 Å². The summed E-state index contributed by atoms with van der Waals surface area (Å²) >= 11 is 0. The van der Waals surface area contributed by atoms with Crippen LogP contribution in [-0.4, -0.2) is 13.1 Å². The standard InChI is InChI=1S/C17H13N3O2/c1-10-3-5-11(6-4-10)12-7-13(17(21)22-2)15(9-19)16(20)14(12)8-18/h3-7H,20H2,1-2H3. The highest BCUT2D eigenvalue weighted by Crippen LogP contribution is 2.32. The van der Waals surface area contributed by atoms with Crippen molar-refractivity contribution in [2.45, 2.75) is 6.92 Å². The number of carbonyl (C=O) groups excluding carboxylic acids is 1. The van der Waals surface area contributed by atoms with Gasteiger partial charge in [0.15, 0.2) is 0 Å². The molecule has 5 heteroatoms. The summed E-state index contributed by atoms with van der Waals surface area (Å²) in [6.45, 7) is 1.95. The van der Waals surface area contributed by atoms with Crippen LogP contribution in [0.4, 0.5) is 5.69 Å². The minimum atomic E-state index is -0.666. The summed E-state index contributed by atoms with van der Waals surface area (Å²) in [5.74, 6) is -0.666. The quantitative estimate of drug-likeness (QED) is 0.677. The zero-order valence-electron chi connectivity index (χ0n) is 12.2. The molecule has 108 valence electrons. The number of benzene rings is 2. The molecule has 0 bridgehead atoms. The molecule has 5 nitrogen and oxygen atoms in total. The van der Waals surface area contributed by atoms with Gasteiger partial charge in [0, 0.05) is 5.56 Å². The van der Waals surface area contributed by atoms with Crippen molar-refractivity contribution in [3.8, 4) is 23.3 Å². The second kappa shape index (κ2) is 5.99. The van der Waals surface area contributed by atoms with Crippen molar-refractivity contribution in [2.75, 3.05) is 12.8 Å². The largest absolute Gasteiger partial charge is 0.465 e. The van der Waals surface area contributed by atoms with Gasteiger partial charge in [-0.1, -0.05) is 29.8 Å². The molecule has 2 N–H and O–H groups in total. The summed E-state index contributed by atoms with van der Waals surface area (Å²) in [5, 5.41) is 18.6. The van der Waals surface area contributed by atoms with Gasteiger partial charge in [0.25, 0.3) is 0 Å². The lowest BCUT2D eigenvalue weighted by molar-refractivity contribution is 0.0600. The summed E-state index contributed by atoms with van der Waals surface area (Å²) in [4.78, 5) is 11.9. The van der Waals surface area contributed by atoms with E-state index in [-0.39, 0.29) is 22.4 Å². The first-order valence-electron chi connectivity index (χ1n) is 6.45. The SMILES string of the molecule is COC(=O)c1cc(-c2ccc(C)cc2)c(C#N)c(N)c1C#N. The van der Waals surface area contributed by atoms with Crippen LogP contribution in [0.15, 0.2) is 30.3 Å². The van der Waals surface area contributed by atoms with Crippen molar-refractivity contribution < 1.29 is 9.53 Å². The smallest absolute Gasteiger partial charge is 0.339 e. The molecular weight excluding hydrogens is 278 g/mol. The summed E-state index contributed by atoms with van der Waals surface area (Å²) in [5.41, 5.74) is 8.39. The van der Waals surface area contributed by atoms with Crippen molar-refractivity contribution in [2.24, 2.45) is 0 Å². The van der Waals surface area contributed by atoms with Gasteiger partial charge in [-0.15, -0.1) is 0 Å². The number of methoxy groups -OCH3 is 1. The van der Waals surface area contributed by atoms with E-state index in [1.165, 1.54) is 13.2 Å². The van der Waals surface area contributed by atoms with Crippen LogP contribution in [0.25, 0.3) is 11.1 Å². The van der Waals surface area contributed by atoms with E-state index in [1.807, 2.05) is 43.3 Å². The summed E-state index contributed by atoms with van der Waals surface area (Å²) in [6, 6.07) is 12.8. The summed E-state index contributed by atoms with van der Waals surface area (Å²) in [6.07, 6.45) is 0. The number of nitrogens with two attached hydrogens (primary N) is 1. The van der Waals surface area contributed by atoms with E-state index >= 15 is 0 Å². The molecule has 2 aromatic carbocycles. The first-order chi connectivity index (χ1) is 10.5. The molecule has 0 unspecified atom stereocenters. The van der Waals surface area contributed by atoms with Gasteiger partial charge in [-0.3, -0.25) is 0 Å². The third-order valence-electron chi connectivity index (χ3n) is 3.36. The Morgan fingerprint density at radius 3 is 2.23 bits per heavy atom. The fraction of sp³-hybridized carbons (Fsp3) is 0.118. The lowest BCUT2D eigenvalue weighted by Crippen LogP contribution is -2.09. The first kappa shape index (κ1) is 15.1. The Hall–Kier alpha value is -3.31. The van der Waals surface area contributed by atoms with E-state index in [1.54, 1.807) is 0 Å². The van der Waals surface area contributed by atoms with Crippen LogP contribution in [0, 0.1) is 29.6 Å². The highest BCUT2D eigenvalue weighted by atomic mass is 16.5. The van der Waals surface area contributed by atoms with Crippen LogP contribution < -0.4 is 5.73 Å². The second-order valence-corrected chi connectivity index (χ2v) is 4.72. The van der Waals surface area contributed by atoms with Crippen molar-refractivity contribution in [1.29, 1.82) is 10.5 Å². The number of nitrogens with zero attached hydrogens (tertiary/aromatic N) is 2. The number of aryl methyl sites for hydroxylation is 1. The molecule has 0 spiro atoms. The number of rotatable bonds is 2. The lowest BCUT2D eigenvalue weighted by atomic mass is 9.92. The topological polar surface area (TPSA) is 99.9 Å². The molecule has 0 amide bonds. The lowest BCUT2D eigenvalue weighted by Gasteiger charge is -2.12. The molecule has 2 rings (SSSR count). The first-order valence-corrected chi connectivity index (χ1v) is 6.45. The predicted octanol–water partition coefficient (Wildman–Crippen LogP) is 2.77. The minimum absolute atomic E-state index is 0.0107. The number of hydrogen-bond donors (Lipinski definition) is 1. The predicted molar refractivity (Wildman–Crippen MR) is 81.8 cm³/mol. The number of carbonyl (C=O) groups is 1. The minimum Gasteiger partial charge on any atom is -0.465 e. The molecule has 0 aliphatic heterocycles. The van der Waals surface area contributed by atoms with Crippen LogP contribution in [-0.2, 0) is 4.74 Å².